The lowest BCUT2D eigenvalue weighted by Crippen LogP contribution is -2.14. The number of amides is 1. The van der Waals surface area contributed by atoms with Crippen molar-refractivity contribution in [3.05, 3.63) is 42.9 Å². The fourth-order valence-electron chi connectivity index (χ4n) is 2.11. The molecule has 128 valence electrons. The van der Waals surface area contributed by atoms with Crippen LogP contribution >= 0.6 is 11.8 Å². The van der Waals surface area contributed by atoms with Crippen LogP contribution in [0.15, 0.2) is 48.0 Å². The molecule has 2 aromatic heterocycles. The van der Waals surface area contributed by atoms with E-state index in [1.165, 1.54) is 11.8 Å². The summed E-state index contributed by atoms with van der Waals surface area (Å²) in [5.41, 5.74) is 1.31. The van der Waals surface area contributed by atoms with Crippen LogP contribution in [0.2, 0.25) is 0 Å². The van der Waals surface area contributed by atoms with Crippen LogP contribution in [0, 0.1) is 0 Å². The molecule has 0 unspecified atom stereocenters. The van der Waals surface area contributed by atoms with Crippen molar-refractivity contribution in [3.63, 3.8) is 0 Å². The number of nitrogens with one attached hydrogen (secondary N) is 1. The second-order valence-electron chi connectivity index (χ2n) is 5.02. The standard InChI is InChI=1S/C16H16N6O2S/c1-22-15(13-9-17-6-7-18-13)20-21-16(22)25-10-14(23)19-11-4-3-5-12(8-11)24-2/h3-9H,10H2,1-2H3,(H,19,23). The minimum absolute atomic E-state index is 0.137. The normalized spacial score (nSPS) is 10.5. The molecule has 1 aromatic carbocycles. The Morgan fingerprint density at radius 2 is 2.20 bits per heavy atom. The summed E-state index contributed by atoms with van der Waals surface area (Å²) >= 11 is 1.30. The zero-order valence-corrected chi connectivity index (χ0v) is 14.5. The lowest BCUT2D eigenvalue weighted by atomic mass is 10.3. The molecule has 0 fully saturated rings. The van der Waals surface area contributed by atoms with Gasteiger partial charge in [0.25, 0.3) is 0 Å². The molecule has 0 spiro atoms. The van der Waals surface area contributed by atoms with Crippen molar-refractivity contribution in [1.82, 2.24) is 24.7 Å². The third-order valence-corrected chi connectivity index (χ3v) is 4.33. The smallest absolute Gasteiger partial charge is 0.234 e. The van der Waals surface area contributed by atoms with E-state index in [-0.39, 0.29) is 11.7 Å². The van der Waals surface area contributed by atoms with Gasteiger partial charge in [-0.1, -0.05) is 17.8 Å². The maximum absolute atomic E-state index is 12.1. The summed E-state index contributed by atoms with van der Waals surface area (Å²) in [6.07, 6.45) is 4.81. The van der Waals surface area contributed by atoms with Crippen molar-refractivity contribution >= 4 is 23.4 Å². The monoisotopic (exact) mass is 356 g/mol. The third kappa shape index (κ3) is 4.13. The largest absolute Gasteiger partial charge is 0.497 e. The van der Waals surface area contributed by atoms with E-state index in [1.54, 1.807) is 42.4 Å². The average Bonchev–Trinajstić information content (AvgIpc) is 3.01. The van der Waals surface area contributed by atoms with Crippen LogP contribution in [0.3, 0.4) is 0 Å². The van der Waals surface area contributed by atoms with Crippen LogP contribution in [-0.2, 0) is 11.8 Å². The molecule has 0 saturated carbocycles. The van der Waals surface area contributed by atoms with E-state index < -0.39 is 0 Å². The number of hydrogen-bond donors (Lipinski definition) is 1. The summed E-state index contributed by atoms with van der Waals surface area (Å²) in [5.74, 6) is 1.36. The Bertz CT molecular complexity index is 868. The number of carbonyl (C=O) groups excluding carboxylic acids is 1. The van der Waals surface area contributed by atoms with Gasteiger partial charge in [-0.15, -0.1) is 10.2 Å². The second kappa shape index (κ2) is 7.75. The SMILES string of the molecule is COc1cccc(NC(=O)CSc2nnc(-c3cnccn3)n2C)c1. The predicted octanol–water partition coefficient (Wildman–Crippen LogP) is 2.01. The van der Waals surface area contributed by atoms with Crippen molar-refractivity contribution in [2.45, 2.75) is 5.16 Å². The Morgan fingerprint density at radius 3 is 2.96 bits per heavy atom. The molecule has 0 aliphatic heterocycles. The predicted molar refractivity (Wildman–Crippen MR) is 94.4 cm³/mol. The average molecular weight is 356 g/mol. The first-order valence-corrected chi connectivity index (χ1v) is 8.38. The van der Waals surface area contributed by atoms with E-state index in [2.05, 4.69) is 25.5 Å². The third-order valence-electron chi connectivity index (χ3n) is 3.31. The fourth-order valence-corrected chi connectivity index (χ4v) is 2.82. The van der Waals surface area contributed by atoms with Gasteiger partial charge in [-0.3, -0.25) is 9.78 Å². The lowest BCUT2D eigenvalue weighted by Gasteiger charge is -2.07. The van der Waals surface area contributed by atoms with E-state index in [9.17, 15) is 4.79 Å². The lowest BCUT2D eigenvalue weighted by molar-refractivity contribution is -0.113. The van der Waals surface area contributed by atoms with Crippen molar-refractivity contribution in [2.75, 3.05) is 18.2 Å². The number of nitrogens with zero attached hydrogens (tertiary/aromatic N) is 5. The molecule has 0 aliphatic rings. The summed E-state index contributed by atoms with van der Waals surface area (Å²) in [4.78, 5) is 20.3. The maximum Gasteiger partial charge on any atom is 0.234 e. The van der Waals surface area contributed by atoms with Gasteiger partial charge in [-0.2, -0.15) is 0 Å². The van der Waals surface area contributed by atoms with Crippen molar-refractivity contribution in [1.29, 1.82) is 0 Å². The number of methoxy groups -OCH3 is 1. The zero-order chi connectivity index (χ0) is 17.6. The Labute approximate surface area is 148 Å². The molecule has 1 amide bonds. The quantitative estimate of drug-likeness (QED) is 0.675. The summed E-state index contributed by atoms with van der Waals surface area (Å²) in [6.45, 7) is 0. The van der Waals surface area contributed by atoms with Gasteiger partial charge < -0.3 is 14.6 Å². The summed E-state index contributed by atoms with van der Waals surface area (Å²) in [7, 11) is 3.41. The molecule has 0 radical (unpaired) electrons. The van der Waals surface area contributed by atoms with Gasteiger partial charge in [-0.25, -0.2) is 4.98 Å². The zero-order valence-electron chi connectivity index (χ0n) is 13.7. The molecule has 0 saturated heterocycles. The Morgan fingerprint density at radius 1 is 1.32 bits per heavy atom. The molecule has 2 heterocycles. The molecular formula is C16H16N6O2S. The Hall–Kier alpha value is -2.94. The molecule has 9 heteroatoms. The first-order chi connectivity index (χ1) is 12.2. The Kier molecular flexibility index (Phi) is 5.24. The highest BCUT2D eigenvalue weighted by Gasteiger charge is 2.14. The number of rotatable bonds is 6. The van der Waals surface area contributed by atoms with Gasteiger partial charge in [0.2, 0.25) is 5.91 Å². The number of ether oxygens (including phenoxy) is 1. The minimum Gasteiger partial charge on any atom is -0.497 e. The second-order valence-corrected chi connectivity index (χ2v) is 5.97. The number of benzene rings is 1. The van der Waals surface area contributed by atoms with Crippen molar-refractivity contribution < 1.29 is 9.53 Å². The van der Waals surface area contributed by atoms with E-state index in [1.807, 2.05) is 19.2 Å². The highest BCUT2D eigenvalue weighted by atomic mass is 32.2. The van der Waals surface area contributed by atoms with E-state index in [0.29, 0.717) is 28.1 Å². The van der Waals surface area contributed by atoms with E-state index in [4.69, 9.17) is 4.74 Å². The Balaban J connectivity index is 1.62. The maximum atomic E-state index is 12.1. The van der Waals surface area contributed by atoms with Gasteiger partial charge in [-0.05, 0) is 12.1 Å². The molecular weight excluding hydrogens is 340 g/mol. The van der Waals surface area contributed by atoms with Crippen LogP contribution < -0.4 is 10.1 Å². The number of carbonyl (C=O) groups is 1. The molecule has 0 bridgehead atoms. The highest BCUT2D eigenvalue weighted by Crippen LogP contribution is 2.21. The van der Waals surface area contributed by atoms with Crippen LogP contribution in [-0.4, -0.2) is 43.5 Å². The summed E-state index contributed by atoms with van der Waals surface area (Å²) in [6, 6.07) is 7.20. The number of thioether (sulfide) groups is 1. The van der Waals surface area contributed by atoms with E-state index >= 15 is 0 Å². The molecule has 0 atom stereocenters. The van der Waals surface area contributed by atoms with Crippen LogP contribution in [0.5, 0.6) is 5.75 Å². The van der Waals surface area contributed by atoms with Gasteiger partial charge in [0.05, 0.1) is 19.1 Å². The van der Waals surface area contributed by atoms with Gasteiger partial charge in [0.15, 0.2) is 11.0 Å². The van der Waals surface area contributed by atoms with Crippen LogP contribution in [0.1, 0.15) is 0 Å². The van der Waals surface area contributed by atoms with Crippen molar-refractivity contribution in [3.8, 4) is 17.3 Å². The fraction of sp³-hybridized carbons (Fsp3) is 0.188. The van der Waals surface area contributed by atoms with Crippen LogP contribution in [0.4, 0.5) is 5.69 Å². The molecule has 3 rings (SSSR count). The first-order valence-electron chi connectivity index (χ1n) is 7.40. The minimum atomic E-state index is -0.137. The molecule has 3 aromatic rings. The summed E-state index contributed by atoms with van der Waals surface area (Å²) in [5, 5.41) is 11.7. The molecule has 1 N–H and O–H groups in total. The van der Waals surface area contributed by atoms with Crippen LogP contribution in [0.25, 0.3) is 11.5 Å². The summed E-state index contributed by atoms with van der Waals surface area (Å²) < 4.78 is 6.92. The highest BCUT2D eigenvalue weighted by molar-refractivity contribution is 7.99. The van der Waals surface area contributed by atoms with Gasteiger partial charge in [0.1, 0.15) is 11.4 Å². The molecule has 25 heavy (non-hydrogen) atoms. The number of anilines is 1. The van der Waals surface area contributed by atoms with E-state index in [0.717, 1.165) is 0 Å². The van der Waals surface area contributed by atoms with Gasteiger partial charge in [0, 0.05) is 31.2 Å². The number of hydrogen-bond acceptors (Lipinski definition) is 7. The number of aromatic nitrogens is 5. The topological polar surface area (TPSA) is 94.8 Å². The first kappa shape index (κ1) is 16.9. The van der Waals surface area contributed by atoms with Gasteiger partial charge >= 0.3 is 0 Å². The molecule has 0 aliphatic carbocycles. The van der Waals surface area contributed by atoms with Crippen molar-refractivity contribution in [2.24, 2.45) is 7.05 Å². The molecule has 8 nitrogen and oxygen atoms in total.